The van der Waals surface area contributed by atoms with E-state index in [0.717, 1.165) is 40.5 Å². The Kier molecular flexibility index (Phi) is 16.6. The van der Waals surface area contributed by atoms with Crippen LogP contribution in [-0.4, -0.2) is 111 Å². The van der Waals surface area contributed by atoms with E-state index in [4.69, 9.17) is 27.9 Å². The van der Waals surface area contributed by atoms with Gasteiger partial charge in [-0.3, -0.25) is 9.59 Å². The summed E-state index contributed by atoms with van der Waals surface area (Å²) >= 11 is 12.6. The summed E-state index contributed by atoms with van der Waals surface area (Å²) in [5, 5.41) is 33.3. The number of benzene rings is 4. The van der Waals surface area contributed by atoms with Crippen LogP contribution in [0.15, 0.2) is 103 Å². The number of aliphatic hydroxyl groups excluding tert-OH is 1. The standard InChI is InChI=1S/C48H56Cl2N8O7/c1-31(44(60)53-40(29-59)45(61)55-48(21-8-22-51-30-48)25-33-11-16-36(49)17-12-33)58(47(64)54-39(46(62)63)23-32-9-6-5-7-10-32)27-35-13-18-37(50)24-42(35)65-38-19-14-34(15-20-38)41-26-52-43(57(41)4)28-56(2)3/h5-7,9-20,24,26,31,39-40,51,59H,8,21-23,25,27-30H2,1-4H3,(H,53,60)(H,54,64)(H,55,61)(H,62,63). The number of hydrogen-bond donors (Lipinski definition) is 6. The van der Waals surface area contributed by atoms with E-state index in [1.54, 1.807) is 72.8 Å². The predicted molar refractivity (Wildman–Crippen MR) is 250 cm³/mol. The number of carboxylic acids is 1. The number of amides is 4. The van der Waals surface area contributed by atoms with Crippen LogP contribution in [0.25, 0.3) is 11.3 Å². The molecule has 65 heavy (non-hydrogen) atoms. The maximum atomic E-state index is 14.3. The zero-order valence-electron chi connectivity index (χ0n) is 36.9. The van der Waals surface area contributed by atoms with Crippen molar-refractivity contribution in [3.05, 3.63) is 136 Å². The van der Waals surface area contributed by atoms with Crippen molar-refractivity contribution in [3.63, 3.8) is 0 Å². The van der Waals surface area contributed by atoms with Crippen molar-refractivity contribution in [1.29, 1.82) is 0 Å². The molecule has 4 atom stereocenters. The van der Waals surface area contributed by atoms with Crippen molar-refractivity contribution >= 4 is 47.0 Å². The minimum atomic E-state index is -1.38. The summed E-state index contributed by atoms with van der Waals surface area (Å²) in [4.78, 5) is 62.7. The quantitative estimate of drug-likeness (QED) is 0.0591. The van der Waals surface area contributed by atoms with Gasteiger partial charge in [-0.1, -0.05) is 71.7 Å². The molecular weight excluding hydrogens is 871 g/mol. The molecule has 1 aliphatic heterocycles. The highest BCUT2D eigenvalue weighted by Gasteiger charge is 2.37. The molecule has 0 saturated carbocycles. The molecule has 0 radical (unpaired) electrons. The SMILES string of the molecule is CC(C(=O)NC(CO)C(=O)NC1(Cc2ccc(Cl)cc2)CCCNC1)N(Cc1ccc(Cl)cc1Oc1ccc(-c2cnc(CN(C)C)n2C)cc1)C(=O)NC(Cc1ccccc1)C(=O)O. The maximum absolute atomic E-state index is 14.3. The molecule has 0 bridgehead atoms. The van der Waals surface area contributed by atoms with Crippen molar-refractivity contribution in [2.45, 2.75) is 69.4 Å². The molecule has 1 aromatic heterocycles. The summed E-state index contributed by atoms with van der Waals surface area (Å²) in [6.45, 7) is 2.39. The van der Waals surface area contributed by atoms with Gasteiger partial charge in [-0.05, 0) is 106 Å². The van der Waals surface area contributed by atoms with Crippen LogP contribution in [-0.2, 0) is 47.4 Å². The van der Waals surface area contributed by atoms with E-state index in [2.05, 4.69) is 26.3 Å². The van der Waals surface area contributed by atoms with Crippen molar-refractivity contribution in [1.82, 2.24) is 40.6 Å². The van der Waals surface area contributed by atoms with E-state index in [1.165, 1.54) is 6.92 Å². The lowest BCUT2D eigenvalue weighted by Crippen LogP contribution is -2.64. The molecule has 4 amide bonds. The van der Waals surface area contributed by atoms with Crippen molar-refractivity contribution in [2.24, 2.45) is 7.05 Å². The number of imidazole rings is 1. The zero-order valence-corrected chi connectivity index (χ0v) is 38.4. The van der Waals surface area contributed by atoms with Gasteiger partial charge in [0.25, 0.3) is 0 Å². The highest BCUT2D eigenvalue weighted by Crippen LogP contribution is 2.32. The van der Waals surface area contributed by atoms with Crippen LogP contribution < -0.4 is 26.0 Å². The number of carbonyl (C=O) groups is 4. The first kappa shape index (κ1) is 48.5. The second-order valence-electron chi connectivity index (χ2n) is 16.7. The van der Waals surface area contributed by atoms with Crippen LogP contribution in [0.2, 0.25) is 10.0 Å². The highest BCUT2D eigenvalue weighted by molar-refractivity contribution is 6.31. The first-order chi connectivity index (χ1) is 31.1. The fourth-order valence-electron chi connectivity index (χ4n) is 7.81. The van der Waals surface area contributed by atoms with Gasteiger partial charge < -0.3 is 50.6 Å². The van der Waals surface area contributed by atoms with Gasteiger partial charge in [-0.2, -0.15) is 0 Å². The van der Waals surface area contributed by atoms with Gasteiger partial charge in [-0.25, -0.2) is 14.6 Å². The third-order valence-electron chi connectivity index (χ3n) is 11.4. The van der Waals surface area contributed by atoms with E-state index in [0.29, 0.717) is 52.9 Å². The summed E-state index contributed by atoms with van der Waals surface area (Å²) < 4.78 is 8.39. The van der Waals surface area contributed by atoms with Gasteiger partial charge in [0.1, 0.15) is 35.4 Å². The number of carboxylic acid groups (broad SMARTS) is 1. The molecule has 4 unspecified atom stereocenters. The summed E-state index contributed by atoms with van der Waals surface area (Å²) in [5.74, 6) is -1.00. The first-order valence-electron chi connectivity index (χ1n) is 21.4. The molecule has 5 aromatic rings. The predicted octanol–water partition coefficient (Wildman–Crippen LogP) is 5.80. The van der Waals surface area contributed by atoms with Crippen LogP contribution in [0.4, 0.5) is 4.79 Å². The monoisotopic (exact) mass is 926 g/mol. The Labute approximate surface area is 389 Å². The molecule has 0 aliphatic carbocycles. The number of aromatic nitrogens is 2. The molecule has 0 spiro atoms. The second-order valence-corrected chi connectivity index (χ2v) is 17.5. The summed E-state index contributed by atoms with van der Waals surface area (Å²) in [6.07, 6.45) is 3.70. The number of ether oxygens (including phenoxy) is 1. The Morgan fingerprint density at radius 1 is 0.892 bits per heavy atom. The number of carbonyl (C=O) groups excluding carboxylic acids is 3. The Morgan fingerprint density at radius 2 is 1.60 bits per heavy atom. The minimum Gasteiger partial charge on any atom is -0.480 e. The number of piperidine rings is 1. The Balaban J connectivity index is 1.24. The number of rotatable bonds is 19. The van der Waals surface area contributed by atoms with Crippen molar-refractivity contribution < 1.29 is 34.1 Å². The summed E-state index contributed by atoms with van der Waals surface area (Å²) in [5.41, 5.74) is 3.18. The number of nitrogens with one attached hydrogen (secondary N) is 4. The van der Waals surface area contributed by atoms with Crippen LogP contribution >= 0.6 is 23.2 Å². The maximum Gasteiger partial charge on any atom is 0.326 e. The lowest BCUT2D eigenvalue weighted by atomic mass is 9.83. The van der Waals surface area contributed by atoms with Gasteiger partial charge in [-0.15, -0.1) is 0 Å². The summed E-state index contributed by atoms with van der Waals surface area (Å²) in [7, 11) is 5.92. The smallest absolute Gasteiger partial charge is 0.326 e. The van der Waals surface area contributed by atoms with Gasteiger partial charge >= 0.3 is 12.0 Å². The molecule has 1 aliphatic rings. The minimum absolute atomic E-state index is 0.0310. The molecule has 6 rings (SSSR count). The molecule has 17 heteroatoms. The molecule has 15 nitrogen and oxygen atoms in total. The van der Waals surface area contributed by atoms with E-state index in [-0.39, 0.29) is 18.7 Å². The lowest BCUT2D eigenvalue weighted by Gasteiger charge is -2.40. The van der Waals surface area contributed by atoms with Crippen molar-refractivity contribution in [3.8, 4) is 22.8 Å². The largest absolute Gasteiger partial charge is 0.480 e. The molecule has 344 valence electrons. The normalized spacial score (nSPS) is 16.2. The third-order valence-corrected chi connectivity index (χ3v) is 11.9. The Morgan fingerprint density at radius 3 is 2.25 bits per heavy atom. The molecule has 1 saturated heterocycles. The number of urea groups is 1. The van der Waals surface area contributed by atoms with Crippen molar-refractivity contribution in [2.75, 3.05) is 33.8 Å². The number of hydrogen-bond acceptors (Lipinski definition) is 9. The van der Waals surface area contributed by atoms with Crippen LogP contribution in [0.5, 0.6) is 11.5 Å². The zero-order chi connectivity index (χ0) is 46.7. The first-order valence-corrected chi connectivity index (χ1v) is 22.1. The van der Waals surface area contributed by atoms with Crippen LogP contribution in [0.1, 0.15) is 42.3 Å². The number of nitrogens with zero attached hydrogens (tertiary/aromatic N) is 4. The molecule has 1 fully saturated rings. The van der Waals surface area contributed by atoms with E-state index in [9.17, 15) is 29.4 Å². The Hall–Kier alpha value is -5.97. The Bertz CT molecular complexity index is 2410. The van der Waals surface area contributed by atoms with Crippen LogP contribution in [0, 0.1) is 0 Å². The summed E-state index contributed by atoms with van der Waals surface area (Å²) in [6, 6.07) is 23.5. The second kappa shape index (κ2) is 22.3. The number of halogens is 2. The van der Waals surface area contributed by atoms with Crippen LogP contribution in [0.3, 0.4) is 0 Å². The molecule has 6 N–H and O–H groups in total. The average molecular weight is 928 g/mol. The van der Waals surface area contributed by atoms with Gasteiger partial charge in [0.2, 0.25) is 11.8 Å². The van der Waals surface area contributed by atoms with Gasteiger partial charge in [0.05, 0.1) is 37.1 Å². The lowest BCUT2D eigenvalue weighted by molar-refractivity contribution is -0.139. The van der Waals surface area contributed by atoms with E-state index >= 15 is 0 Å². The van der Waals surface area contributed by atoms with E-state index < -0.39 is 54.1 Å². The molecule has 4 aromatic carbocycles. The number of aliphatic hydroxyl groups is 1. The van der Waals surface area contributed by atoms with E-state index in [1.807, 2.05) is 61.1 Å². The topological polar surface area (TPSA) is 190 Å². The van der Waals surface area contributed by atoms with Gasteiger partial charge in [0, 0.05) is 41.2 Å². The molecular formula is C48H56Cl2N8O7. The fourth-order valence-corrected chi connectivity index (χ4v) is 8.10. The number of aliphatic carboxylic acids is 1. The fraction of sp³-hybridized carbons (Fsp3) is 0.354. The van der Waals surface area contributed by atoms with Gasteiger partial charge in [0.15, 0.2) is 0 Å². The highest BCUT2D eigenvalue weighted by atomic mass is 35.5. The average Bonchev–Trinajstić information content (AvgIpc) is 3.64. The third kappa shape index (κ3) is 13.1. The molecule has 2 heterocycles.